The summed E-state index contributed by atoms with van der Waals surface area (Å²) >= 11 is 0. The van der Waals surface area contributed by atoms with E-state index in [4.69, 9.17) is 16.2 Å². The fourth-order valence-corrected chi connectivity index (χ4v) is 2.86. The molecule has 2 heterocycles. The van der Waals surface area contributed by atoms with Gasteiger partial charge in [-0.15, -0.1) is 0 Å². The van der Waals surface area contributed by atoms with E-state index in [9.17, 15) is 4.79 Å². The fraction of sp³-hybridized carbons (Fsp3) is 0.600. The Labute approximate surface area is 125 Å². The summed E-state index contributed by atoms with van der Waals surface area (Å²) < 4.78 is 5.96. The highest BCUT2D eigenvalue weighted by atomic mass is 16.5. The quantitative estimate of drug-likeness (QED) is 0.769. The molecule has 1 aromatic heterocycles. The van der Waals surface area contributed by atoms with Crippen LogP contribution in [0.1, 0.15) is 49.9 Å². The van der Waals surface area contributed by atoms with Gasteiger partial charge in [-0.3, -0.25) is 4.79 Å². The molecule has 1 unspecified atom stereocenters. The van der Waals surface area contributed by atoms with E-state index < -0.39 is 5.91 Å². The van der Waals surface area contributed by atoms with E-state index in [0.717, 1.165) is 32.3 Å². The van der Waals surface area contributed by atoms with Gasteiger partial charge >= 0.3 is 0 Å². The van der Waals surface area contributed by atoms with Gasteiger partial charge in [0.2, 0.25) is 0 Å². The van der Waals surface area contributed by atoms with Crippen molar-refractivity contribution in [2.24, 2.45) is 5.73 Å². The zero-order valence-electron chi connectivity index (χ0n) is 12.7. The van der Waals surface area contributed by atoms with Gasteiger partial charge < -0.3 is 21.5 Å². The van der Waals surface area contributed by atoms with Crippen molar-refractivity contribution in [3.8, 4) is 0 Å². The molecule has 116 valence electrons. The van der Waals surface area contributed by atoms with E-state index in [1.807, 2.05) is 0 Å². The van der Waals surface area contributed by atoms with Crippen LogP contribution in [-0.2, 0) is 4.74 Å². The first-order valence-electron chi connectivity index (χ1n) is 7.45. The SMILES string of the molecule is CCC1(CC)CC(Nc2cc(C(N)=O)c(N)cn2)CCO1. The number of carbonyl (C=O) groups is 1. The number of hydrogen-bond acceptors (Lipinski definition) is 5. The molecule has 6 nitrogen and oxygen atoms in total. The van der Waals surface area contributed by atoms with Gasteiger partial charge in [0.05, 0.1) is 23.0 Å². The number of nitrogens with zero attached hydrogens (tertiary/aromatic N) is 1. The van der Waals surface area contributed by atoms with Crippen LogP contribution in [0.15, 0.2) is 12.3 Å². The topological polar surface area (TPSA) is 103 Å². The van der Waals surface area contributed by atoms with E-state index in [-0.39, 0.29) is 11.6 Å². The van der Waals surface area contributed by atoms with Gasteiger partial charge in [0.15, 0.2) is 0 Å². The van der Waals surface area contributed by atoms with Crippen molar-refractivity contribution in [1.82, 2.24) is 4.98 Å². The number of nitrogen functional groups attached to an aromatic ring is 1. The van der Waals surface area contributed by atoms with E-state index in [2.05, 4.69) is 24.1 Å². The second-order valence-corrected chi connectivity index (χ2v) is 5.59. The van der Waals surface area contributed by atoms with Crippen molar-refractivity contribution in [3.63, 3.8) is 0 Å². The number of pyridine rings is 1. The first-order chi connectivity index (χ1) is 9.99. The van der Waals surface area contributed by atoms with Crippen LogP contribution >= 0.6 is 0 Å². The molecule has 0 aliphatic carbocycles. The summed E-state index contributed by atoms with van der Waals surface area (Å²) in [5.74, 6) is 0.0902. The first-order valence-corrected chi connectivity index (χ1v) is 7.45. The maximum atomic E-state index is 11.3. The third kappa shape index (κ3) is 3.44. The highest BCUT2D eigenvalue weighted by Gasteiger charge is 2.34. The number of aromatic nitrogens is 1. The van der Waals surface area contributed by atoms with Gasteiger partial charge in [-0.25, -0.2) is 4.98 Å². The summed E-state index contributed by atoms with van der Waals surface area (Å²) in [7, 11) is 0. The number of nitrogens with one attached hydrogen (secondary N) is 1. The smallest absolute Gasteiger partial charge is 0.250 e. The highest BCUT2D eigenvalue weighted by molar-refractivity contribution is 5.98. The Morgan fingerprint density at radius 2 is 2.24 bits per heavy atom. The number of carbonyl (C=O) groups excluding carboxylic acids is 1. The molecule has 1 aromatic rings. The number of primary amides is 1. The second kappa shape index (κ2) is 6.30. The summed E-state index contributed by atoms with van der Waals surface area (Å²) in [5, 5.41) is 3.37. The molecular weight excluding hydrogens is 268 g/mol. The predicted molar refractivity (Wildman–Crippen MR) is 83.1 cm³/mol. The van der Waals surface area contributed by atoms with Gasteiger partial charge in [-0.05, 0) is 31.7 Å². The second-order valence-electron chi connectivity index (χ2n) is 5.59. The maximum absolute atomic E-state index is 11.3. The Balaban J connectivity index is 2.11. The Morgan fingerprint density at radius 1 is 1.52 bits per heavy atom. The molecule has 21 heavy (non-hydrogen) atoms. The number of rotatable bonds is 5. The minimum absolute atomic E-state index is 0.0593. The van der Waals surface area contributed by atoms with Gasteiger partial charge in [-0.1, -0.05) is 13.8 Å². The molecule has 0 radical (unpaired) electrons. The normalized spacial score (nSPS) is 21.0. The Morgan fingerprint density at radius 3 is 2.86 bits per heavy atom. The van der Waals surface area contributed by atoms with E-state index in [0.29, 0.717) is 17.1 Å². The summed E-state index contributed by atoms with van der Waals surface area (Å²) in [5.41, 5.74) is 11.6. The minimum atomic E-state index is -0.540. The molecule has 6 heteroatoms. The number of anilines is 2. The zero-order chi connectivity index (χ0) is 15.5. The minimum Gasteiger partial charge on any atom is -0.397 e. The molecule has 1 aliphatic rings. The van der Waals surface area contributed by atoms with Crippen molar-refractivity contribution >= 4 is 17.4 Å². The van der Waals surface area contributed by atoms with Crippen LogP contribution < -0.4 is 16.8 Å². The molecule has 0 spiro atoms. The third-order valence-electron chi connectivity index (χ3n) is 4.33. The van der Waals surface area contributed by atoms with Crippen molar-refractivity contribution in [2.45, 2.75) is 51.2 Å². The van der Waals surface area contributed by atoms with E-state index in [1.54, 1.807) is 6.07 Å². The summed E-state index contributed by atoms with van der Waals surface area (Å²) in [6.45, 7) is 5.04. The van der Waals surface area contributed by atoms with Crippen LogP contribution in [0.3, 0.4) is 0 Å². The van der Waals surface area contributed by atoms with Gasteiger partial charge in [0.25, 0.3) is 5.91 Å². The van der Waals surface area contributed by atoms with Crippen molar-refractivity contribution in [1.29, 1.82) is 0 Å². The Kier molecular flexibility index (Phi) is 4.67. The van der Waals surface area contributed by atoms with Crippen LogP contribution in [0.2, 0.25) is 0 Å². The molecule has 1 amide bonds. The third-order valence-corrected chi connectivity index (χ3v) is 4.33. The average molecular weight is 292 g/mol. The maximum Gasteiger partial charge on any atom is 0.250 e. The van der Waals surface area contributed by atoms with Crippen LogP contribution in [0, 0.1) is 0 Å². The lowest BCUT2D eigenvalue weighted by Gasteiger charge is -2.40. The van der Waals surface area contributed by atoms with Gasteiger partial charge in [0, 0.05) is 12.6 Å². The average Bonchev–Trinajstić information content (AvgIpc) is 2.49. The summed E-state index contributed by atoms with van der Waals surface area (Å²) in [4.78, 5) is 15.6. The van der Waals surface area contributed by atoms with E-state index >= 15 is 0 Å². The highest BCUT2D eigenvalue weighted by Crippen LogP contribution is 2.32. The lowest BCUT2D eigenvalue weighted by molar-refractivity contribution is -0.0864. The van der Waals surface area contributed by atoms with Crippen LogP contribution in [-0.4, -0.2) is 29.1 Å². The van der Waals surface area contributed by atoms with Crippen LogP contribution in [0.5, 0.6) is 0 Å². The molecule has 2 rings (SSSR count). The number of hydrogen-bond donors (Lipinski definition) is 3. The molecule has 1 aliphatic heterocycles. The summed E-state index contributed by atoms with van der Waals surface area (Å²) in [6.07, 6.45) is 5.29. The van der Waals surface area contributed by atoms with Gasteiger partial charge in [-0.2, -0.15) is 0 Å². The van der Waals surface area contributed by atoms with Crippen molar-refractivity contribution < 1.29 is 9.53 Å². The lowest BCUT2D eigenvalue weighted by atomic mass is 9.86. The Bertz CT molecular complexity index is 514. The zero-order valence-corrected chi connectivity index (χ0v) is 12.7. The monoisotopic (exact) mass is 292 g/mol. The standard InChI is InChI=1S/C15H24N4O2/c1-3-15(4-2)8-10(5-6-21-15)19-13-7-11(14(17)20)12(16)9-18-13/h7,9-10H,3-6,8,16H2,1-2H3,(H2,17,20)(H,18,19). The molecule has 5 N–H and O–H groups in total. The van der Waals surface area contributed by atoms with Crippen molar-refractivity contribution in [2.75, 3.05) is 17.7 Å². The molecule has 0 saturated carbocycles. The van der Waals surface area contributed by atoms with Gasteiger partial charge in [0.1, 0.15) is 5.82 Å². The van der Waals surface area contributed by atoms with E-state index in [1.165, 1.54) is 6.20 Å². The first kappa shape index (κ1) is 15.6. The fourth-order valence-electron chi connectivity index (χ4n) is 2.86. The van der Waals surface area contributed by atoms with Crippen molar-refractivity contribution in [3.05, 3.63) is 17.8 Å². The molecule has 0 aromatic carbocycles. The molecule has 0 bridgehead atoms. The van der Waals surface area contributed by atoms with Crippen LogP contribution in [0.4, 0.5) is 11.5 Å². The largest absolute Gasteiger partial charge is 0.397 e. The summed E-state index contributed by atoms with van der Waals surface area (Å²) in [6, 6.07) is 1.89. The molecular formula is C15H24N4O2. The number of ether oxygens (including phenoxy) is 1. The molecule has 1 atom stereocenters. The molecule has 1 fully saturated rings. The van der Waals surface area contributed by atoms with Crippen LogP contribution in [0.25, 0.3) is 0 Å². The lowest BCUT2D eigenvalue weighted by Crippen LogP contribution is -2.43. The molecule has 1 saturated heterocycles. The predicted octanol–water partition coefficient (Wildman–Crippen LogP) is 1.91. The number of nitrogens with two attached hydrogens (primary N) is 2. The number of amides is 1. The Hall–Kier alpha value is -1.82.